The first-order valence-electron chi connectivity index (χ1n) is 6.36. The van der Waals surface area contributed by atoms with Gasteiger partial charge in [-0.2, -0.15) is 0 Å². The number of nitro benzene ring substituents is 1. The zero-order valence-electron chi connectivity index (χ0n) is 10.5. The standard InChI is InChI=1S/C13H16N2O4/c16-12-8-9(6-7-11(12)15(18)19)13(17)14-10-4-2-1-3-5-10/h6-8,10,16H,1-5H2,(H,14,17). The van der Waals surface area contributed by atoms with Crippen LogP contribution in [0.2, 0.25) is 0 Å². The van der Waals surface area contributed by atoms with E-state index in [4.69, 9.17) is 0 Å². The van der Waals surface area contributed by atoms with Crippen molar-refractivity contribution in [1.82, 2.24) is 5.32 Å². The van der Waals surface area contributed by atoms with E-state index in [1.165, 1.54) is 12.5 Å². The highest BCUT2D eigenvalue weighted by atomic mass is 16.6. The number of carbonyl (C=O) groups excluding carboxylic acids is 1. The molecule has 1 amide bonds. The fourth-order valence-corrected chi connectivity index (χ4v) is 2.33. The molecule has 2 N–H and O–H groups in total. The molecule has 102 valence electrons. The third kappa shape index (κ3) is 3.21. The molecule has 0 aromatic heterocycles. The van der Waals surface area contributed by atoms with Crippen LogP contribution in [0, 0.1) is 10.1 Å². The van der Waals surface area contributed by atoms with Crippen molar-refractivity contribution in [2.75, 3.05) is 0 Å². The fourth-order valence-electron chi connectivity index (χ4n) is 2.33. The van der Waals surface area contributed by atoms with E-state index in [9.17, 15) is 20.0 Å². The smallest absolute Gasteiger partial charge is 0.310 e. The second-order valence-electron chi connectivity index (χ2n) is 4.77. The van der Waals surface area contributed by atoms with Crippen molar-refractivity contribution in [3.63, 3.8) is 0 Å². The lowest BCUT2D eigenvalue weighted by atomic mass is 9.95. The lowest BCUT2D eigenvalue weighted by molar-refractivity contribution is -0.385. The van der Waals surface area contributed by atoms with E-state index in [1.807, 2.05) is 0 Å². The maximum absolute atomic E-state index is 12.0. The number of hydrogen-bond donors (Lipinski definition) is 2. The number of carbonyl (C=O) groups is 1. The van der Waals surface area contributed by atoms with Gasteiger partial charge in [-0.25, -0.2) is 0 Å². The van der Waals surface area contributed by atoms with Crippen molar-refractivity contribution in [1.29, 1.82) is 0 Å². The van der Waals surface area contributed by atoms with Crippen LogP contribution in [0.1, 0.15) is 42.5 Å². The van der Waals surface area contributed by atoms with E-state index in [2.05, 4.69) is 5.32 Å². The number of phenols is 1. The second-order valence-corrected chi connectivity index (χ2v) is 4.77. The fraction of sp³-hybridized carbons (Fsp3) is 0.462. The van der Waals surface area contributed by atoms with Crippen molar-refractivity contribution in [2.45, 2.75) is 38.1 Å². The van der Waals surface area contributed by atoms with Gasteiger partial charge in [0.05, 0.1) is 4.92 Å². The van der Waals surface area contributed by atoms with Crippen LogP contribution in [-0.4, -0.2) is 22.0 Å². The molecule has 0 unspecified atom stereocenters. The van der Waals surface area contributed by atoms with Crippen LogP contribution in [0.3, 0.4) is 0 Å². The molecule has 1 aliphatic rings. The Morgan fingerprint density at radius 3 is 2.58 bits per heavy atom. The molecule has 2 rings (SSSR count). The summed E-state index contributed by atoms with van der Waals surface area (Å²) < 4.78 is 0. The molecule has 1 saturated carbocycles. The number of aromatic hydroxyl groups is 1. The normalized spacial score (nSPS) is 16.0. The zero-order valence-corrected chi connectivity index (χ0v) is 10.5. The highest BCUT2D eigenvalue weighted by Crippen LogP contribution is 2.26. The summed E-state index contributed by atoms with van der Waals surface area (Å²) in [6.07, 6.45) is 5.34. The van der Waals surface area contributed by atoms with Crippen LogP contribution >= 0.6 is 0 Å². The van der Waals surface area contributed by atoms with Gasteiger partial charge in [0.2, 0.25) is 0 Å². The molecule has 6 heteroatoms. The van der Waals surface area contributed by atoms with Crippen molar-refractivity contribution >= 4 is 11.6 Å². The van der Waals surface area contributed by atoms with E-state index in [1.54, 1.807) is 0 Å². The minimum absolute atomic E-state index is 0.165. The minimum atomic E-state index is -0.682. The molecule has 1 aromatic rings. The Morgan fingerprint density at radius 2 is 2.00 bits per heavy atom. The number of hydrogen-bond acceptors (Lipinski definition) is 4. The number of nitrogens with one attached hydrogen (secondary N) is 1. The van der Waals surface area contributed by atoms with E-state index in [-0.39, 0.29) is 17.5 Å². The summed E-state index contributed by atoms with van der Waals surface area (Å²) in [6, 6.07) is 3.80. The van der Waals surface area contributed by atoms with Crippen molar-refractivity contribution in [2.24, 2.45) is 0 Å². The molecule has 6 nitrogen and oxygen atoms in total. The quantitative estimate of drug-likeness (QED) is 0.647. The van der Waals surface area contributed by atoms with E-state index in [0.29, 0.717) is 0 Å². The Morgan fingerprint density at radius 1 is 1.32 bits per heavy atom. The molecule has 0 bridgehead atoms. The molecule has 0 radical (unpaired) electrons. The molecule has 19 heavy (non-hydrogen) atoms. The van der Waals surface area contributed by atoms with Crippen molar-refractivity contribution in [3.8, 4) is 5.75 Å². The highest BCUT2D eigenvalue weighted by Gasteiger charge is 2.19. The van der Waals surface area contributed by atoms with E-state index in [0.717, 1.165) is 37.8 Å². The van der Waals surface area contributed by atoms with Gasteiger partial charge in [-0.3, -0.25) is 14.9 Å². The average molecular weight is 264 g/mol. The van der Waals surface area contributed by atoms with Gasteiger partial charge in [0.1, 0.15) is 0 Å². The van der Waals surface area contributed by atoms with Gasteiger partial charge < -0.3 is 10.4 Å². The van der Waals surface area contributed by atoms with Crippen molar-refractivity contribution in [3.05, 3.63) is 33.9 Å². The summed E-state index contributed by atoms with van der Waals surface area (Å²) in [7, 11) is 0. The number of phenolic OH excluding ortho intramolecular Hbond substituents is 1. The first-order chi connectivity index (χ1) is 9.08. The van der Waals surface area contributed by atoms with Gasteiger partial charge in [0, 0.05) is 17.7 Å². The van der Waals surface area contributed by atoms with E-state index < -0.39 is 16.4 Å². The van der Waals surface area contributed by atoms with Crippen LogP contribution < -0.4 is 5.32 Å². The first-order valence-corrected chi connectivity index (χ1v) is 6.36. The van der Waals surface area contributed by atoms with Gasteiger partial charge in [-0.05, 0) is 25.0 Å². The van der Waals surface area contributed by atoms with Crippen molar-refractivity contribution < 1.29 is 14.8 Å². The Labute approximate surface area is 110 Å². The molecular formula is C13H16N2O4. The summed E-state index contributed by atoms with van der Waals surface area (Å²) in [5.41, 5.74) is -0.150. The largest absolute Gasteiger partial charge is 0.502 e. The molecule has 0 aliphatic heterocycles. The molecule has 1 aromatic carbocycles. The molecule has 0 saturated heterocycles. The summed E-state index contributed by atoms with van der Waals surface area (Å²) in [5.74, 6) is -0.779. The number of rotatable bonds is 3. The predicted molar refractivity (Wildman–Crippen MR) is 69.1 cm³/mol. The molecule has 1 fully saturated rings. The molecule has 0 atom stereocenters. The minimum Gasteiger partial charge on any atom is -0.502 e. The maximum atomic E-state index is 12.0. The third-order valence-electron chi connectivity index (χ3n) is 3.37. The summed E-state index contributed by atoms with van der Waals surface area (Å²) in [5, 5.41) is 23.0. The van der Waals surface area contributed by atoms with Crippen LogP contribution in [0.5, 0.6) is 5.75 Å². The second kappa shape index (κ2) is 5.69. The van der Waals surface area contributed by atoms with Crippen LogP contribution in [-0.2, 0) is 0 Å². The molecular weight excluding hydrogens is 248 g/mol. The Kier molecular flexibility index (Phi) is 3.99. The monoisotopic (exact) mass is 264 g/mol. The number of nitrogens with zero attached hydrogens (tertiary/aromatic N) is 1. The number of amides is 1. The zero-order chi connectivity index (χ0) is 13.8. The van der Waals surface area contributed by atoms with E-state index >= 15 is 0 Å². The van der Waals surface area contributed by atoms with Gasteiger partial charge in [-0.15, -0.1) is 0 Å². The lowest BCUT2D eigenvalue weighted by Crippen LogP contribution is -2.36. The SMILES string of the molecule is O=C(NC1CCCCC1)c1ccc([N+](=O)[O-])c(O)c1. The lowest BCUT2D eigenvalue weighted by Gasteiger charge is -2.22. The maximum Gasteiger partial charge on any atom is 0.310 e. The Bertz CT molecular complexity index is 495. The first kappa shape index (κ1) is 13.3. The highest BCUT2D eigenvalue weighted by molar-refractivity contribution is 5.95. The number of nitro groups is 1. The van der Waals surface area contributed by atoms with Crippen LogP contribution in [0.25, 0.3) is 0 Å². The van der Waals surface area contributed by atoms with Gasteiger partial charge >= 0.3 is 5.69 Å². The van der Waals surface area contributed by atoms with Gasteiger partial charge in [0.25, 0.3) is 5.91 Å². The summed E-state index contributed by atoms with van der Waals surface area (Å²) in [6.45, 7) is 0. The molecule has 0 spiro atoms. The predicted octanol–water partition coefficient (Wildman–Crippen LogP) is 2.36. The number of benzene rings is 1. The van der Waals surface area contributed by atoms with Gasteiger partial charge in [0.15, 0.2) is 5.75 Å². The van der Waals surface area contributed by atoms with Gasteiger partial charge in [-0.1, -0.05) is 19.3 Å². The van der Waals surface area contributed by atoms with Crippen LogP contribution in [0.4, 0.5) is 5.69 Å². The van der Waals surface area contributed by atoms with Crippen LogP contribution in [0.15, 0.2) is 18.2 Å². The average Bonchev–Trinajstić information content (AvgIpc) is 2.39. The third-order valence-corrected chi connectivity index (χ3v) is 3.37. The summed E-state index contributed by atoms with van der Waals surface area (Å²) in [4.78, 5) is 21.8. The Balaban J connectivity index is 2.06. The topological polar surface area (TPSA) is 92.5 Å². The summed E-state index contributed by atoms with van der Waals surface area (Å²) >= 11 is 0. The molecule has 0 heterocycles. The Hall–Kier alpha value is -2.11. The molecule has 1 aliphatic carbocycles.